The van der Waals surface area contributed by atoms with Crippen molar-refractivity contribution in [1.29, 1.82) is 0 Å². The molecule has 8 atom stereocenters. The third kappa shape index (κ3) is 20.8. The highest BCUT2D eigenvalue weighted by molar-refractivity contribution is 9.09. The molecule has 414 valence electrons. The number of likely N-dealkylation sites (tertiary alicyclic amines) is 1. The number of nitrogens with one attached hydrogen (secondary N) is 7. The van der Waals surface area contributed by atoms with Gasteiger partial charge in [-0.25, -0.2) is 0 Å². The monoisotopic (exact) mass is 1120 g/mol. The van der Waals surface area contributed by atoms with Crippen molar-refractivity contribution in [3.8, 4) is 5.75 Å². The Balaban J connectivity index is 1.70. The predicted molar refractivity (Wildman–Crippen MR) is 283 cm³/mol. The number of guanidine groups is 1. The van der Waals surface area contributed by atoms with Crippen LogP contribution < -0.4 is 71.6 Å². The second-order valence-electron chi connectivity index (χ2n) is 17.7. The molecule has 0 aliphatic carbocycles. The van der Waals surface area contributed by atoms with Crippen LogP contribution >= 0.6 is 31.4 Å². The molecule has 0 bridgehead atoms. The summed E-state index contributed by atoms with van der Waals surface area (Å²) in [6.07, 6.45) is -1.34. The van der Waals surface area contributed by atoms with E-state index in [0.29, 0.717) is 17.5 Å². The van der Waals surface area contributed by atoms with Crippen molar-refractivity contribution < 1.29 is 57.8 Å². The number of primary amides is 3. The molecule has 0 spiro atoms. The molecule has 11 amide bonds. The van der Waals surface area contributed by atoms with Gasteiger partial charge in [-0.3, -0.25) is 57.7 Å². The number of carbonyl (C=O) groups is 11. The third-order valence-corrected chi connectivity index (χ3v) is 15.9. The van der Waals surface area contributed by atoms with E-state index in [4.69, 9.17) is 34.4 Å². The van der Waals surface area contributed by atoms with Crippen molar-refractivity contribution in [3.63, 3.8) is 0 Å². The van der Waals surface area contributed by atoms with Gasteiger partial charge in [0.25, 0.3) is 0 Å². The molecule has 0 saturated carbocycles. The van der Waals surface area contributed by atoms with Crippen LogP contribution in [0.4, 0.5) is 0 Å². The van der Waals surface area contributed by atoms with Gasteiger partial charge in [0.15, 0.2) is 5.96 Å². The summed E-state index contributed by atoms with van der Waals surface area (Å²) in [5.74, 6) is -10.3. The van der Waals surface area contributed by atoms with E-state index >= 15 is 0 Å². The number of aromatic hydroxyl groups is 1. The van der Waals surface area contributed by atoms with Gasteiger partial charge in [-0.05, 0) is 65.2 Å². The fraction of sp³-hybridized carbons (Fsp3) is 0.478. The SMILES string of the molecule is NC(=O)CC[C@H]1NC(=O)[C@H](Cc2ccccc2)NC(=O)[C@@H](Cc2ccc(O)cc2)NC(=O)[C@H](N)CSSSC[C@@H](C(=O)N2CCC[C@@H]2C(=O)N[C@@H](CCCN=C(N)N)C(=O)NCC(N)=O)NC(=O)[C@H](CC(N)=O)NC1=O. The van der Waals surface area contributed by atoms with Crippen LogP contribution in [0.3, 0.4) is 0 Å². The lowest BCUT2D eigenvalue weighted by Crippen LogP contribution is -2.61. The lowest BCUT2D eigenvalue weighted by atomic mass is 10.0. The van der Waals surface area contributed by atoms with Gasteiger partial charge in [-0.15, -0.1) is 0 Å². The topological polar surface area (TPSA) is 464 Å². The van der Waals surface area contributed by atoms with Gasteiger partial charge in [0.1, 0.15) is 48.0 Å². The summed E-state index contributed by atoms with van der Waals surface area (Å²) in [6.45, 7) is -0.421. The number of nitrogens with two attached hydrogens (primary N) is 6. The zero-order valence-corrected chi connectivity index (χ0v) is 43.7. The lowest BCUT2D eigenvalue weighted by Gasteiger charge is -2.30. The molecule has 2 aromatic rings. The van der Waals surface area contributed by atoms with Gasteiger partial charge < -0.3 is 81.6 Å². The second kappa shape index (κ2) is 30.9. The van der Waals surface area contributed by atoms with E-state index in [1.165, 1.54) is 29.2 Å². The van der Waals surface area contributed by atoms with Gasteiger partial charge in [0, 0.05) is 43.9 Å². The maximum absolute atomic E-state index is 14.6. The molecule has 0 aromatic heterocycles. The molecule has 27 nitrogen and oxygen atoms in total. The maximum Gasteiger partial charge on any atom is 0.246 e. The Morgan fingerprint density at radius 2 is 1.29 bits per heavy atom. The van der Waals surface area contributed by atoms with E-state index in [1.807, 2.05) is 0 Å². The Morgan fingerprint density at radius 3 is 1.91 bits per heavy atom. The molecule has 76 heavy (non-hydrogen) atoms. The minimum atomic E-state index is -1.79. The number of rotatable bonds is 19. The summed E-state index contributed by atoms with van der Waals surface area (Å²) in [4.78, 5) is 153. The second-order valence-corrected chi connectivity index (χ2v) is 22.0. The number of hydrogen-bond donors (Lipinski definition) is 14. The molecule has 2 aromatic carbocycles. The largest absolute Gasteiger partial charge is 0.508 e. The van der Waals surface area contributed by atoms with Crippen molar-refractivity contribution >= 4 is 102 Å². The molecule has 2 saturated heterocycles. The fourth-order valence-electron chi connectivity index (χ4n) is 7.79. The molecule has 0 unspecified atom stereocenters. The summed E-state index contributed by atoms with van der Waals surface area (Å²) < 4.78 is 0. The minimum absolute atomic E-state index is 0.00696. The average molecular weight is 1120 g/mol. The zero-order valence-electron chi connectivity index (χ0n) is 41.2. The molecule has 4 rings (SSSR count). The first-order valence-corrected chi connectivity index (χ1v) is 27.7. The summed E-state index contributed by atoms with van der Waals surface area (Å²) in [5, 5.41) is 27.7. The van der Waals surface area contributed by atoms with Crippen molar-refractivity contribution in [2.45, 2.75) is 106 Å². The zero-order chi connectivity index (χ0) is 55.9. The van der Waals surface area contributed by atoms with E-state index in [0.717, 1.165) is 31.4 Å². The highest BCUT2D eigenvalue weighted by Gasteiger charge is 2.40. The summed E-state index contributed by atoms with van der Waals surface area (Å²) in [7, 11) is 3.21. The lowest BCUT2D eigenvalue weighted by molar-refractivity contribution is -0.142. The third-order valence-electron chi connectivity index (χ3n) is 11.7. The highest BCUT2D eigenvalue weighted by atomic mass is 33.5. The molecular weight excluding hydrogens is 1050 g/mol. The van der Waals surface area contributed by atoms with Crippen LogP contribution in [-0.4, -0.2) is 160 Å². The first kappa shape index (κ1) is 61.2. The summed E-state index contributed by atoms with van der Waals surface area (Å²) in [5.41, 5.74) is 34.4. The van der Waals surface area contributed by atoms with Crippen LogP contribution in [0.15, 0.2) is 59.6 Å². The van der Waals surface area contributed by atoms with Crippen LogP contribution in [0.1, 0.15) is 56.1 Å². The van der Waals surface area contributed by atoms with Crippen molar-refractivity contribution in [1.82, 2.24) is 42.1 Å². The number of phenols is 1. The Bertz CT molecular complexity index is 2440. The Kier molecular flexibility index (Phi) is 24.9. The highest BCUT2D eigenvalue weighted by Crippen LogP contribution is 2.35. The normalized spacial score (nSPS) is 22.6. The van der Waals surface area contributed by atoms with Crippen molar-refractivity contribution in [3.05, 3.63) is 65.7 Å². The number of amides is 11. The Labute approximate surface area is 448 Å². The van der Waals surface area contributed by atoms with Crippen LogP contribution in [0.25, 0.3) is 0 Å². The summed E-state index contributed by atoms with van der Waals surface area (Å²) in [6, 6.07) is 2.95. The quantitative estimate of drug-likeness (QED) is 0.0272. The van der Waals surface area contributed by atoms with Crippen molar-refractivity contribution in [2.24, 2.45) is 39.4 Å². The van der Waals surface area contributed by atoms with E-state index in [1.54, 1.807) is 30.3 Å². The number of carbonyl (C=O) groups excluding carboxylic acids is 11. The molecule has 30 heteroatoms. The number of aliphatic imine (C=N–C) groups is 1. The molecule has 2 heterocycles. The molecule has 2 aliphatic heterocycles. The number of phenolic OH excluding ortho intramolecular Hbond substituents is 1. The Hall–Kier alpha value is -7.31. The first-order chi connectivity index (χ1) is 36.1. The van der Waals surface area contributed by atoms with E-state index < -0.39 is 139 Å². The number of benzene rings is 2. The fourth-order valence-corrected chi connectivity index (χ4v) is 11.6. The van der Waals surface area contributed by atoms with Crippen LogP contribution in [0.2, 0.25) is 0 Å². The molecule has 2 fully saturated rings. The number of hydrogen-bond acceptors (Lipinski definition) is 17. The predicted octanol–water partition coefficient (Wildman–Crippen LogP) is -4.76. The molecule has 20 N–H and O–H groups in total. The van der Waals surface area contributed by atoms with Crippen LogP contribution in [0.5, 0.6) is 5.75 Å². The van der Waals surface area contributed by atoms with E-state index in [-0.39, 0.29) is 68.4 Å². The van der Waals surface area contributed by atoms with Gasteiger partial charge in [-0.2, -0.15) is 0 Å². The molecule has 2 aliphatic rings. The standard InChI is InChI=1S/C46H65N15O12S3/c47-27-22-74-76-75-23-33(45(73)61-17-5-9-34(61)44(72)56-28(8-4-16-53-46(51)52)39(67)54-21-37(50)65)60-43(71)32(20-36(49)64)59-40(68)29(14-15-35(48)63)55-41(69)31(18-24-6-2-1-3-7-24)58-42(70)30(57-38(27)66)19-25-10-12-26(62)13-11-25/h1-3,6-7,10-13,27-34,62H,4-5,8-9,14-23,47H2,(H2,48,63)(H2,49,64)(H2,50,65)(H,54,67)(H,55,69)(H,56,72)(H,57,66)(H,58,70)(H,59,68)(H,60,71)(H4,51,52,53)/t27-,28+,29-,30-,31+,32+,33+,34-/m1/s1. The minimum Gasteiger partial charge on any atom is -0.508 e. The Morgan fingerprint density at radius 1 is 0.711 bits per heavy atom. The van der Waals surface area contributed by atoms with Crippen molar-refractivity contribution in [2.75, 3.05) is 31.1 Å². The molecular formula is C46H65N15O12S3. The van der Waals surface area contributed by atoms with Crippen LogP contribution in [-0.2, 0) is 65.6 Å². The number of nitrogens with zero attached hydrogens (tertiary/aromatic N) is 2. The van der Waals surface area contributed by atoms with Gasteiger partial charge in [-0.1, -0.05) is 64.1 Å². The van der Waals surface area contributed by atoms with Gasteiger partial charge in [0.2, 0.25) is 65.0 Å². The smallest absolute Gasteiger partial charge is 0.246 e. The average Bonchev–Trinajstić information content (AvgIpc) is 3.87. The first-order valence-electron chi connectivity index (χ1n) is 23.9. The molecule has 0 radical (unpaired) electrons. The van der Waals surface area contributed by atoms with E-state index in [9.17, 15) is 57.8 Å². The van der Waals surface area contributed by atoms with Gasteiger partial charge in [0.05, 0.1) is 19.0 Å². The van der Waals surface area contributed by atoms with E-state index in [2.05, 4.69) is 42.2 Å². The summed E-state index contributed by atoms with van der Waals surface area (Å²) >= 11 is 0. The van der Waals surface area contributed by atoms with Gasteiger partial charge >= 0.3 is 0 Å². The van der Waals surface area contributed by atoms with Crippen LogP contribution in [0, 0.1) is 0 Å². The maximum atomic E-state index is 14.6.